The van der Waals surface area contributed by atoms with Crippen LogP contribution in [0.1, 0.15) is 22.8 Å². The number of benzene rings is 2. The molecule has 0 bridgehead atoms. The molecule has 1 heterocycles. The molecule has 0 saturated heterocycles. The minimum absolute atomic E-state index is 0.139. The minimum Gasteiger partial charge on any atom is -0.494 e. The number of nitrogens with zero attached hydrogens (tertiary/aromatic N) is 1. The van der Waals surface area contributed by atoms with Crippen molar-refractivity contribution in [2.75, 3.05) is 11.9 Å². The van der Waals surface area contributed by atoms with Crippen LogP contribution in [0.4, 0.5) is 5.69 Å². The first-order valence-electron chi connectivity index (χ1n) is 7.57. The smallest absolute Gasteiger partial charge is 0.255 e. The van der Waals surface area contributed by atoms with Crippen LogP contribution in [0.5, 0.6) is 5.75 Å². The Kier molecular flexibility index (Phi) is 4.24. The summed E-state index contributed by atoms with van der Waals surface area (Å²) in [6.45, 7) is 4.48. The maximum atomic E-state index is 12.4. The molecule has 0 aliphatic heterocycles. The van der Waals surface area contributed by atoms with E-state index in [0.29, 0.717) is 12.2 Å². The molecular weight excluding hydrogens is 288 g/mol. The predicted molar refractivity (Wildman–Crippen MR) is 92.0 cm³/mol. The molecule has 4 heteroatoms. The van der Waals surface area contributed by atoms with Crippen LogP contribution in [0.15, 0.2) is 54.7 Å². The Balaban J connectivity index is 1.81. The van der Waals surface area contributed by atoms with Crippen molar-refractivity contribution in [2.45, 2.75) is 13.8 Å². The molecule has 3 aromatic rings. The number of pyridine rings is 1. The fourth-order valence-corrected chi connectivity index (χ4v) is 2.46. The van der Waals surface area contributed by atoms with Gasteiger partial charge < -0.3 is 10.1 Å². The van der Waals surface area contributed by atoms with Gasteiger partial charge in [0, 0.05) is 22.8 Å². The van der Waals surface area contributed by atoms with E-state index in [1.54, 1.807) is 12.3 Å². The number of carbonyl (C=O) groups is 1. The summed E-state index contributed by atoms with van der Waals surface area (Å²) < 4.78 is 5.50. The molecule has 3 rings (SSSR count). The Morgan fingerprint density at radius 2 is 2.04 bits per heavy atom. The van der Waals surface area contributed by atoms with Gasteiger partial charge in [-0.05, 0) is 61.9 Å². The summed E-state index contributed by atoms with van der Waals surface area (Å²) >= 11 is 0. The summed E-state index contributed by atoms with van der Waals surface area (Å²) in [5.74, 6) is 0.667. The Morgan fingerprint density at radius 1 is 1.17 bits per heavy atom. The molecule has 2 aromatic carbocycles. The van der Waals surface area contributed by atoms with Gasteiger partial charge in [0.15, 0.2) is 0 Å². The maximum Gasteiger partial charge on any atom is 0.255 e. The van der Waals surface area contributed by atoms with Gasteiger partial charge in [-0.1, -0.05) is 6.07 Å². The van der Waals surface area contributed by atoms with Crippen LogP contribution in [0, 0.1) is 6.92 Å². The van der Waals surface area contributed by atoms with Gasteiger partial charge in [-0.25, -0.2) is 0 Å². The second-order valence-corrected chi connectivity index (χ2v) is 5.28. The van der Waals surface area contributed by atoms with Gasteiger partial charge >= 0.3 is 0 Å². The van der Waals surface area contributed by atoms with Gasteiger partial charge in [0.05, 0.1) is 12.1 Å². The zero-order valence-electron chi connectivity index (χ0n) is 13.2. The predicted octanol–water partition coefficient (Wildman–Crippen LogP) is 4.19. The zero-order chi connectivity index (χ0) is 16.2. The molecular formula is C19H18N2O2. The second kappa shape index (κ2) is 6.48. The lowest BCUT2D eigenvalue weighted by Gasteiger charge is -2.10. The topological polar surface area (TPSA) is 51.2 Å². The average Bonchev–Trinajstić information content (AvgIpc) is 2.56. The van der Waals surface area contributed by atoms with Crippen molar-refractivity contribution < 1.29 is 9.53 Å². The van der Waals surface area contributed by atoms with Gasteiger partial charge in [-0.2, -0.15) is 0 Å². The van der Waals surface area contributed by atoms with Gasteiger partial charge in [0.25, 0.3) is 5.91 Å². The van der Waals surface area contributed by atoms with Crippen LogP contribution in [-0.2, 0) is 0 Å². The van der Waals surface area contributed by atoms with Gasteiger partial charge in [-0.15, -0.1) is 0 Å². The van der Waals surface area contributed by atoms with Crippen LogP contribution in [0.2, 0.25) is 0 Å². The van der Waals surface area contributed by atoms with Crippen molar-refractivity contribution in [1.29, 1.82) is 0 Å². The third kappa shape index (κ3) is 3.31. The highest BCUT2D eigenvalue weighted by atomic mass is 16.5. The number of nitrogens with one attached hydrogen (secondary N) is 1. The van der Waals surface area contributed by atoms with Gasteiger partial charge in [0.1, 0.15) is 5.75 Å². The molecule has 23 heavy (non-hydrogen) atoms. The number of aryl methyl sites for hydroxylation is 1. The van der Waals surface area contributed by atoms with E-state index in [2.05, 4.69) is 10.3 Å². The average molecular weight is 306 g/mol. The van der Waals surface area contributed by atoms with E-state index < -0.39 is 0 Å². The van der Waals surface area contributed by atoms with Gasteiger partial charge in [0.2, 0.25) is 0 Å². The van der Waals surface area contributed by atoms with E-state index >= 15 is 0 Å². The number of fused-ring (bicyclic) bond motifs is 1. The molecule has 0 fully saturated rings. The number of ether oxygens (including phenoxy) is 1. The summed E-state index contributed by atoms with van der Waals surface area (Å²) in [5, 5.41) is 3.92. The Morgan fingerprint density at radius 3 is 2.83 bits per heavy atom. The summed E-state index contributed by atoms with van der Waals surface area (Å²) in [7, 11) is 0. The SMILES string of the molecule is CCOc1ccc(C(=O)Nc2ccc3ncccc3c2)cc1C. The molecule has 0 atom stereocenters. The van der Waals surface area contributed by atoms with E-state index in [1.807, 2.05) is 56.3 Å². The summed E-state index contributed by atoms with van der Waals surface area (Å²) in [6, 6.07) is 15.0. The molecule has 1 N–H and O–H groups in total. The van der Waals surface area contributed by atoms with E-state index in [4.69, 9.17) is 4.74 Å². The molecule has 116 valence electrons. The third-order valence-electron chi connectivity index (χ3n) is 3.60. The number of hydrogen-bond acceptors (Lipinski definition) is 3. The zero-order valence-corrected chi connectivity index (χ0v) is 13.2. The molecule has 0 spiro atoms. The second-order valence-electron chi connectivity index (χ2n) is 5.28. The van der Waals surface area contributed by atoms with E-state index in [-0.39, 0.29) is 5.91 Å². The first kappa shape index (κ1) is 15.0. The van der Waals surface area contributed by atoms with Crippen LogP contribution in [0.3, 0.4) is 0 Å². The number of carbonyl (C=O) groups excluding carboxylic acids is 1. The largest absolute Gasteiger partial charge is 0.494 e. The van der Waals surface area contributed by atoms with Crippen LogP contribution >= 0.6 is 0 Å². The Hall–Kier alpha value is -2.88. The summed E-state index contributed by atoms with van der Waals surface area (Å²) in [4.78, 5) is 16.7. The Bertz CT molecular complexity index is 859. The molecule has 4 nitrogen and oxygen atoms in total. The lowest BCUT2D eigenvalue weighted by Crippen LogP contribution is -2.12. The maximum absolute atomic E-state index is 12.4. The monoisotopic (exact) mass is 306 g/mol. The van der Waals surface area contributed by atoms with E-state index in [9.17, 15) is 4.79 Å². The lowest BCUT2D eigenvalue weighted by molar-refractivity contribution is 0.102. The normalized spacial score (nSPS) is 10.5. The molecule has 1 amide bonds. The van der Waals surface area contributed by atoms with Crippen LogP contribution < -0.4 is 10.1 Å². The number of anilines is 1. The van der Waals surface area contributed by atoms with Crippen molar-refractivity contribution >= 4 is 22.5 Å². The minimum atomic E-state index is -0.139. The van der Waals surface area contributed by atoms with Crippen LogP contribution in [0.25, 0.3) is 10.9 Å². The van der Waals surface area contributed by atoms with Crippen molar-refractivity contribution in [3.8, 4) is 5.75 Å². The molecule has 0 saturated carbocycles. The van der Waals surface area contributed by atoms with Crippen LogP contribution in [-0.4, -0.2) is 17.5 Å². The van der Waals surface area contributed by atoms with Crippen molar-refractivity contribution in [3.05, 3.63) is 65.9 Å². The number of rotatable bonds is 4. The first-order chi connectivity index (χ1) is 11.2. The summed E-state index contributed by atoms with van der Waals surface area (Å²) in [5.41, 5.74) is 3.21. The molecule has 0 aliphatic rings. The quantitative estimate of drug-likeness (QED) is 0.786. The lowest BCUT2D eigenvalue weighted by atomic mass is 10.1. The van der Waals surface area contributed by atoms with Crippen molar-refractivity contribution in [1.82, 2.24) is 4.98 Å². The molecule has 0 aliphatic carbocycles. The highest BCUT2D eigenvalue weighted by Gasteiger charge is 2.09. The fourth-order valence-electron chi connectivity index (χ4n) is 2.46. The van der Waals surface area contributed by atoms with Gasteiger partial charge in [-0.3, -0.25) is 9.78 Å². The summed E-state index contributed by atoms with van der Waals surface area (Å²) in [6.07, 6.45) is 1.75. The highest BCUT2D eigenvalue weighted by molar-refractivity contribution is 6.05. The fraction of sp³-hybridized carbons (Fsp3) is 0.158. The standard InChI is InChI=1S/C19H18N2O2/c1-3-23-18-9-6-15(11-13(18)2)19(22)21-16-7-8-17-14(12-16)5-4-10-20-17/h4-12H,3H2,1-2H3,(H,21,22). The molecule has 0 unspecified atom stereocenters. The van der Waals surface area contributed by atoms with E-state index in [0.717, 1.165) is 27.9 Å². The molecule has 0 radical (unpaired) electrons. The third-order valence-corrected chi connectivity index (χ3v) is 3.60. The number of amides is 1. The van der Waals surface area contributed by atoms with E-state index in [1.165, 1.54) is 0 Å². The van der Waals surface area contributed by atoms with Crippen molar-refractivity contribution in [2.24, 2.45) is 0 Å². The first-order valence-corrected chi connectivity index (χ1v) is 7.57. The number of aromatic nitrogens is 1. The van der Waals surface area contributed by atoms with Crippen molar-refractivity contribution in [3.63, 3.8) is 0 Å². The molecule has 1 aromatic heterocycles. The number of hydrogen-bond donors (Lipinski definition) is 1. The highest BCUT2D eigenvalue weighted by Crippen LogP contribution is 2.21. The Labute approximate surface area is 135 Å².